The average molecular weight is 355 g/mol. The molecule has 9 heteroatoms. The minimum Gasteiger partial charge on any atom is -0.494 e. The highest BCUT2D eigenvalue weighted by Crippen LogP contribution is 2.21. The van der Waals surface area contributed by atoms with Gasteiger partial charge in [0.1, 0.15) is 0 Å². The smallest absolute Gasteiger partial charge is 0.238 e. The molecule has 0 aliphatic carbocycles. The van der Waals surface area contributed by atoms with E-state index < -0.39 is 15.8 Å². The SMILES string of the molecule is COc1ccc(NC(=S)Nc2ccc(S(N)(=O)=O)cc2)cc1F. The van der Waals surface area contributed by atoms with E-state index >= 15 is 0 Å². The van der Waals surface area contributed by atoms with Crippen molar-refractivity contribution in [2.24, 2.45) is 5.14 Å². The topological polar surface area (TPSA) is 93.4 Å². The van der Waals surface area contributed by atoms with Crippen molar-refractivity contribution in [3.63, 3.8) is 0 Å². The molecule has 2 aromatic rings. The standard InChI is InChI=1S/C14H14FN3O3S2/c1-21-13-7-4-10(8-12(13)15)18-14(22)17-9-2-5-11(6-3-9)23(16,19)20/h2-8H,1H3,(H2,16,19,20)(H2,17,18,22). The van der Waals surface area contributed by atoms with Crippen LogP contribution < -0.4 is 20.5 Å². The largest absolute Gasteiger partial charge is 0.494 e. The van der Waals surface area contributed by atoms with Crippen LogP contribution >= 0.6 is 12.2 Å². The fourth-order valence-electron chi connectivity index (χ4n) is 1.77. The third kappa shape index (κ3) is 4.62. The van der Waals surface area contributed by atoms with E-state index in [0.717, 1.165) is 0 Å². The average Bonchev–Trinajstić information content (AvgIpc) is 2.47. The highest BCUT2D eigenvalue weighted by Gasteiger charge is 2.08. The summed E-state index contributed by atoms with van der Waals surface area (Å²) in [5, 5.41) is 10.9. The molecule has 0 saturated heterocycles. The Bertz CT molecular complexity index is 824. The van der Waals surface area contributed by atoms with Gasteiger partial charge in [-0.15, -0.1) is 0 Å². The summed E-state index contributed by atoms with van der Waals surface area (Å²) in [6.07, 6.45) is 0. The molecule has 23 heavy (non-hydrogen) atoms. The van der Waals surface area contributed by atoms with Gasteiger partial charge in [0.05, 0.1) is 12.0 Å². The normalized spacial score (nSPS) is 10.9. The van der Waals surface area contributed by atoms with E-state index in [4.69, 9.17) is 22.1 Å². The van der Waals surface area contributed by atoms with E-state index in [1.54, 1.807) is 6.07 Å². The first-order valence-corrected chi connectivity index (χ1v) is 8.29. The summed E-state index contributed by atoms with van der Waals surface area (Å²) in [7, 11) is -2.36. The van der Waals surface area contributed by atoms with Crippen molar-refractivity contribution in [1.82, 2.24) is 0 Å². The molecule has 0 unspecified atom stereocenters. The van der Waals surface area contributed by atoms with Crippen molar-refractivity contribution in [2.45, 2.75) is 4.90 Å². The second-order valence-corrected chi connectivity index (χ2v) is 6.47. The second kappa shape index (κ2) is 6.90. The summed E-state index contributed by atoms with van der Waals surface area (Å²) in [6.45, 7) is 0. The van der Waals surface area contributed by atoms with E-state index in [-0.39, 0.29) is 15.8 Å². The lowest BCUT2D eigenvalue weighted by atomic mass is 10.3. The van der Waals surface area contributed by atoms with Gasteiger partial charge in [0, 0.05) is 17.4 Å². The summed E-state index contributed by atoms with van der Waals surface area (Å²) < 4.78 is 40.7. The zero-order valence-electron chi connectivity index (χ0n) is 12.0. The van der Waals surface area contributed by atoms with Crippen molar-refractivity contribution in [2.75, 3.05) is 17.7 Å². The van der Waals surface area contributed by atoms with E-state index in [9.17, 15) is 12.8 Å². The Morgan fingerprint density at radius 1 is 1.13 bits per heavy atom. The number of thiocarbonyl (C=S) groups is 1. The Labute approximate surface area is 138 Å². The zero-order chi connectivity index (χ0) is 17.0. The highest BCUT2D eigenvalue weighted by atomic mass is 32.2. The van der Waals surface area contributed by atoms with Gasteiger partial charge < -0.3 is 15.4 Å². The molecule has 0 atom stereocenters. The zero-order valence-corrected chi connectivity index (χ0v) is 13.7. The van der Waals surface area contributed by atoms with Gasteiger partial charge in [-0.3, -0.25) is 0 Å². The quantitative estimate of drug-likeness (QED) is 0.729. The molecule has 2 aromatic carbocycles. The number of hydrogen-bond acceptors (Lipinski definition) is 4. The number of nitrogens with one attached hydrogen (secondary N) is 2. The van der Waals surface area contributed by atoms with Crippen LogP contribution in [0, 0.1) is 5.82 Å². The monoisotopic (exact) mass is 355 g/mol. The Morgan fingerprint density at radius 3 is 2.22 bits per heavy atom. The number of primary sulfonamides is 1. The third-order valence-corrected chi connectivity index (χ3v) is 3.98. The number of ether oxygens (including phenoxy) is 1. The lowest BCUT2D eigenvalue weighted by Crippen LogP contribution is -2.19. The van der Waals surface area contributed by atoms with Gasteiger partial charge in [-0.1, -0.05) is 0 Å². The minimum absolute atomic E-state index is 0.000784. The van der Waals surface area contributed by atoms with Crippen LogP contribution in [0.15, 0.2) is 47.4 Å². The molecule has 122 valence electrons. The first-order chi connectivity index (χ1) is 10.8. The first kappa shape index (κ1) is 17.1. The Hall–Kier alpha value is -2.23. The van der Waals surface area contributed by atoms with E-state index in [1.165, 1.54) is 43.5 Å². The minimum atomic E-state index is -3.74. The molecule has 0 aliphatic heterocycles. The maximum Gasteiger partial charge on any atom is 0.238 e. The van der Waals surface area contributed by atoms with Gasteiger partial charge in [-0.2, -0.15) is 0 Å². The number of nitrogens with two attached hydrogens (primary N) is 1. The molecule has 0 spiro atoms. The second-order valence-electron chi connectivity index (χ2n) is 4.50. The summed E-state index contributed by atoms with van der Waals surface area (Å²) in [4.78, 5) is -0.000784. The molecule has 2 rings (SSSR count). The van der Waals surface area contributed by atoms with Crippen molar-refractivity contribution >= 4 is 38.7 Å². The van der Waals surface area contributed by atoms with Gasteiger partial charge >= 0.3 is 0 Å². The molecule has 0 heterocycles. The van der Waals surface area contributed by atoms with Crippen molar-refractivity contribution in [3.8, 4) is 5.75 Å². The van der Waals surface area contributed by atoms with E-state index in [1.807, 2.05) is 0 Å². The predicted molar refractivity (Wildman–Crippen MR) is 90.6 cm³/mol. The van der Waals surface area contributed by atoms with Crippen LogP contribution in [-0.4, -0.2) is 20.6 Å². The van der Waals surface area contributed by atoms with Gasteiger partial charge in [0.15, 0.2) is 16.7 Å². The maximum atomic E-state index is 13.6. The Kier molecular flexibility index (Phi) is 5.14. The Balaban J connectivity index is 2.03. The molecule has 0 radical (unpaired) electrons. The summed E-state index contributed by atoms with van der Waals surface area (Å²) in [5.74, 6) is -0.384. The van der Waals surface area contributed by atoms with Gasteiger partial charge in [-0.05, 0) is 48.6 Å². The molecule has 0 bridgehead atoms. The third-order valence-electron chi connectivity index (χ3n) is 2.85. The van der Waals surface area contributed by atoms with Crippen molar-refractivity contribution < 1.29 is 17.5 Å². The molecule has 0 aliphatic rings. The summed E-state index contributed by atoms with van der Waals surface area (Å²) in [6, 6.07) is 10.1. The first-order valence-electron chi connectivity index (χ1n) is 6.34. The van der Waals surface area contributed by atoms with Gasteiger partial charge in [-0.25, -0.2) is 17.9 Å². The number of hydrogen-bond donors (Lipinski definition) is 3. The summed E-state index contributed by atoms with van der Waals surface area (Å²) >= 11 is 5.11. The Morgan fingerprint density at radius 2 is 1.70 bits per heavy atom. The number of halogens is 1. The fraction of sp³-hybridized carbons (Fsp3) is 0.0714. The maximum absolute atomic E-state index is 13.6. The number of methoxy groups -OCH3 is 1. The van der Waals surface area contributed by atoms with Crippen LogP contribution in [0.2, 0.25) is 0 Å². The van der Waals surface area contributed by atoms with Crippen LogP contribution in [0.5, 0.6) is 5.75 Å². The van der Waals surface area contributed by atoms with Crippen LogP contribution in [-0.2, 0) is 10.0 Å². The molecular weight excluding hydrogens is 341 g/mol. The van der Waals surface area contributed by atoms with Gasteiger partial charge in [0.2, 0.25) is 10.0 Å². The van der Waals surface area contributed by atoms with Crippen LogP contribution in [0.3, 0.4) is 0 Å². The summed E-state index contributed by atoms with van der Waals surface area (Å²) in [5.41, 5.74) is 1.01. The molecule has 0 aromatic heterocycles. The number of anilines is 2. The van der Waals surface area contributed by atoms with Crippen molar-refractivity contribution in [3.05, 3.63) is 48.3 Å². The lowest BCUT2D eigenvalue weighted by Gasteiger charge is -2.11. The lowest BCUT2D eigenvalue weighted by molar-refractivity contribution is 0.387. The molecule has 0 fully saturated rings. The number of benzene rings is 2. The fourth-order valence-corrected chi connectivity index (χ4v) is 2.52. The van der Waals surface area contributed by atoms with Crippen LogP contribution in [0.25, 0.3) is 0 Å². The molecular formula is C14H14FN3O3S2. The molecule has 6 nitrogen and oxygen atoms in total. The predicted octanol–water partition coefficient (Wildman–Crippen LogP) is 2.29. The number of rotatable bonds is 4. The molecule has 0 amide bonds. The number of sulfonamides is 1. The highest BCUT2D eigenvalue weighted by molar-refractivity contribution is 7.89. The molecule has 0 saturated carbocycles. The van der Waals surface area contributed by atoms with Crippen molar-refractivity contribution in [1.29, 1.82) is 0 Å². The van der Waals surface area contributed by atoms with E-state index in [0.29, 0.717) is 11.4 Å². The van der Waals surface area contributed by atoms with Gasteiger partial charge in [0.25, 0.3) is 0 Å². The van der Waals surface area contributed by atoms with E-state index in [2.05, 4.69) is 10.6 Å². The molecule has 4 N–H and O–H groups in total. The van der Waals surface area contributed by atoms with Crippen LogP contribution in [0.1, 0.15) is 0 Å². The van der Waals surface area contributed by atoms with Crippen LogP contribution in [0.4, 0.5) is 15.8 Å².